The molecule has 0 aliphatic carbocycles. The van der Waals surface area contributed by atoms with Gasteiger partial charge in [0.05, 0.1) is 10.7 Å². The fourth-order valence-corrected chi connectivity index (χ4v) is 4.83. The van der Waals surface area contributed by atoms with E-state index in [0.717, 1.165) is 6.42 Å². The molecule has 2 N–H and O–H groups in total. The van der Waals surface area contributed by atoms with Gasteiger partial charge in [0.25, 0.3) is 5.91 Å². The first kappa shape index (κ1) is 31.3. The lowest BCUT2D eigenvalue weighted by molar-refractivity contribution is -0.122. The first-order valence-corrected chi connectivity index (χ1v) is 14.8. The van der Waals surface area contributed by atoms with E-state index in [2.05, 4.69) is 24.4 Å². The van der Waals surface area contributed by atoms with Crippen LogP contribution < -0.4 is 10.1 Å². The van der Waals surface area contributed by atoms with Crippen LogP contribution in [0.15, 0.2) is 30.3 Å². The summed E-state index contributed by atoms with van der Waals surface area (Å²) in [6.45, 7) is 5.63. The molecule has 0 aromatic heterocycles. The van der Waals surface area contributed by atoms with Crippen molar-refractivity contribution in [3.8, 4) is 11.5 Å². The summed E-state index contributed by atoms with van der Waals surface area (Å²) in [5.41, 5.74) is 2.00. The molecular formula is C31H45Cl2NO3. The molecular weight excluding hydrogens is 505 g/mol. The lowest BCUT2D eigenvalue weighted by Gasteiger charge is -2.17. The minimum atomic E-state index is -0.759. The number of aromatic hydroxyl groups is 1. The summed E-state index contributed by atoms with van der Waals surface area (Å²) < 4.78 is 5.79. The van der Waals surface area contributed by atoms with Crippen molar-refractivity contribution >= 4 is 34.8 Å². The van der Waals surface area contributed by atoms with Crippen molar-refractivity contribution in [2.45, 2.75) is 117 Å². The third-order valence-corrected chi connectivity index (χ3v) is 7.71. The van der Waals surface area contributed by atoms with Gasteiger partial charge < -0.3 is 15.2 Å². The molecule has 1 amide bonds. The molecule has 0 radical (unpaired) electrons. The van der Waals surface area contributed by atoms with E-state index in [4.69, 9.17) is 27.9 Å². The van der Waals surface area contributed by atoms with Gasteiger partial charge in [0.1, 0.15) is 5.75 Å². The van der Waals surface area contributed by atoms with Gasteiger partial charge in [-0.3, -0.25) is 4.79 Å². The van der Waals surface area contributed by atoms with Crippen LogP contribution in [0.5, 0.6) is 11.5 Å². The molecule has 2 aromatic rings. The Morgan fingerprint density at radius 3 is 1.95 bits per heavy atom. The maximum absolute atomic E-state index is 12.6. The van der Waals surface area contributed by atoms with E-state index in [9.17, 15) is 9.90 Å². The molecule has 0 aliphatic rings. The van der Waals surface area contributed by atoms with Gasteiger partial charge in [0, 0.05) is 5.02 Å². The Hall–Kier alpha value is -1.91. The number of benzene rings is 2. The van der Waals surface area contributed by atoms with Crippen LogP contribution >= 0.6 is 23.2 Å². The van der Waals surface area contributed by atoms with Crippen molar-refractivity contribution in [2.24, 2.45) is 0 Å². The summed E-state index contributed by atoms with van der Waals surface area (Å²) in [7, 11) is 0. The van der Waals surface area contributed by atoms with E-state index in [1.165, 1.54) is 95.1 Å². The molecule has 206 valence electrons. The quantitative estimate of drug-likeness (QED) is 0.143. The number of rotatable bonds is 18. The fourth-order valence-electron chi connectivity index (χ4n) is 4.37. The molecule has 2 rings (SSSR count). The van der Waals surface area contributed by atoms with Gasteiger partial charge in [-0.25, -0.2) is 0 Å². The predicted octanol–water partition coefficient (Wildman–Crippen LogP) is 10.0. The number of phenolic OH excluding ortho intramolecular Hbond substituents is 1. The van der Waals surface area contributed by atoms with E-state index < -0.39 is 12.0 Å². The Morgan fingerprint density at radius 2 is 1.41 bits per heavy atom. The van der Waals surface area contributed by atoms with Gasteiger partial charge in [-0.15, -0.1) is 0 Å². The zero-order valence-corrected chi connectivity index (χ0v) is 24.4. The van der Waals surface area contributed by atoms with Crippen LogP contribution in [-0.2, 0) is 11.2 Å². The number of halogens is 2. The number of hydrogen-bond donors (Lipinski definition) is 2. The molecule has 37 heavy (non-hydrogen) atoms. The van der Waals surface area contributed by atoms with Crippen molar-refractivity contribution in [3.05, 3.63) is 51.5 Å². The number of phenols is 1. The molecule has 0 saturated heterocycles. The van der Waals surface area contributed by atoms with Crippen LogP contribution in [0.4, 0.5) is 5.69 Å². The second-order valence-electron chi connectivity index (χ2n) is 10.1. The largest absolute Gasteiger partial charge is 0.504 e. The number of carbonyl (C=O) groups is 1. The van der Waals surface area contributed by atoms with Gasteiger partial charge in [0.15, 0.2) is 11.9 Å². The van der Waals surface area contributed by atoms with E-state index in [1.807, 2.05) is 12.1 Å². The Morgan fingerprint density at radius 1 is 0.892 bits per heavy atom. The number of ether oxygens (including phenoxy) is 1. The summed E-state index contributed by atoms with van der Waals surface area (Å²) >= 11 is 12.2. The van der Waals surface area contributed by atoms with E-state index in [1.54, 1.807) is 13.8 Å². The third-order valence-electron chi connectivity index (χ3n) is 6.85. The number of nitrogens with one attached hydrogen (secondary N) is 1. The molecule has 6 heteroatoms. The molecule has 0 aliphatic heterocycles. The van der Waals surface area contributed by atoms with Crippen LogP contribution in [0.3, 0.4) is 0 Å². The molecule has 0 heterocycles. The SMILES string of the molecule is CCCCCCCCCCCCCCCc1ccc(OC(C)C(=O)Nc2cc(Cl)c(C)c(Cl)c2O)cc1. The minimum absolute atomic E-state index is 0.121. The number of hydrogen-bond acceptors (Lipinski definition) is 3. The topological polar surface area (TPSA) is 58.6 Å². The van der Waals surface area contributed by atoms with Gasteiger partial charge >= 0.3 is 0 Å². The zero-order valence-electron chi connectivity index (χ0n) is 22.9. The number of amides is 1. The second kappa shape index (κ2) is 17.6. The highest BCUT2D eigenvalue weighted by Gasteiger charge is 2.19. The van der Waals surface area contributed by atoms with Crippen molar-refractivity contribution in [3.63, 3.8) is 0 Å². The van der Waals surface area contributed by atoms with Crippen molar-refractivity contribution in [1.82, 2.24) is 0 Å². The molecule has 0 saturated carbocycles. The Balaban J connectivity index is 1.61. The highest BCUT2D eigenvalue weighted by molar-refractivity contribution is 6.37. The first-order valence-electron chi connectivity index (χ1n) is 14.1. The Labute approximate surface area is 234 Å². The zero-order chi connectivity index (χ0) is 27.0. The Kier molecular flexibility index (Phi) is 14.9. The van der Waals surface area contributed by atoms with Gasteiger partial charge in [-0.1, -0.05) is 119 Å². The molecule has 0 spiro atoms. The van der Waals surface area contributed by atoms with Crippen molar-refractivity contribution < 1.29 is 14.6 Å². The van der Waals surface area contributed by atoms with Crippen LogP contribution in [0.25, 0.3) is 0 Å². The highest BCUT2D eigenvalue weighted by Crippen LogP contribution is 2.38. The second-order valence-corrected chi connectivity index (χ2v) is 10.9. The standard InChI is InChI=1S/C31H45Cl2NO3/c1-4-5-6-7-8-9-10-11-12-13-14-15-16-17-25-18-20-26(21-19-25)37-24(3)31(36)34-28-22-27(32)23(2)29(33)30(28)35/h18-22,24,35H,4-17H2,1-3H3,(H,34,36). The molecule has 1 atom stereocenters. The monoisotopic (exact) mass is 549 g/mol. The fraction of sp³-hybridized carbons (Fsp3) is 0.581. The Bertz CT molecular complexity index is 946. The molecule has 1 unspecified atom stereocenters. The van der Waals surface area contributed by atoms with Crippen LogP contribution in [0.1, 0.15) is 108 Å². The van der Waals surface area contributed by atoms with Gasteiger partial charge in [-0.05, 0) is 56.0 Å². The predicted molar refractivity (Wildman–Crippen MR) is 157 cm³/mol. The molecule has 0 bridgehead atoms. The molecule has 4 nitrogen and oxygen atoms in total. The summed E-state index contributed by atoms with van der Waals surface area (Å²) in [6, 6.07) is 9.41. The summed E-state index contributed by atoms with van der Waals surface area (Å²) in [6.07, 6.45) is 18.0. The van der Waals surface area contributed by atoms with E-state index >= 15 is 0 Å². The van der Waals surface area contributed by atoms with Crippen LogP contribution in [0, 0.1) is 6.92 Å². The van der Waals surface area contributed by atoms with Crippen molar-refractivity contribution in [2.75, 3.05) is 5.32 Å². The van der Waals surface area contributed by atoms with Crippen molar-refractivity contribution in [1.29, 1.82) is 0 Å². The summed E-state index contributed by atoms with van der Waals surface area (Å²) in [4.78, 5) is 12.6. The molecule has 2 aromatic carbocycles. The lowest BCUT2D eigenvalue weighted by atomic mass is 10.0. The first-order chi connectivity index (χ1) is 17.8. The summed E-state index contributed by atoms with van der Waals surface area (Å²) in [5.74, 6) is 0.0185. The summed E-state index contributed by atoms with van der Waals surface area (Å²) in [5, 5.41) is 13.3. The molecule has 0 fully saturated rings. The number of aryl methyl sites for hydroxylation is 1. The number of unbranched alkanes of at least 4 members (excludes halogenated alkanes) is 12. The average Bonchev–Trinajstić information content (AvgIpc) is 2.89. The third kappa shape index (κ3) is 11.6. The minimum Gasteiger partial charge on any atom is -0.504 e. The lowest BCUT2D eigenvalue weighted by Crippen LogP contribution is -2.30. The highest BCUT2D eigenvalue weighted by atomic mass is 35.5. The number of anilines is 1. The van der Waals surface area contributed by atoms with E-state index in [0.29, 0.717) is 16.3 Å². The maximum Gasteiger partial charge on any atom is 0.265 e. The normalized spacial score (nSPS) is 11.9. The van der Waals surface area contributed by atoms with Crippen LogP contribution in [-0.4, -0.2) is 17.1 Å². The maximum atomic E-state index is 12.6. The average molecular weight is 551 g/mol. The van der Waals surface area contributed by atoms with Gasteiger partial charge in [0.2, 0.25) is 0 Å². The van der Waals surface area contributed by atoms with Crippen LogP contribution in [0.2, 0.25) is 10.0 Å². The van der Waals surface area contributed by atoms with Gasteiger partial charge in [-0.2, -0.15) is 0 Å². The smallest absolute Gasteiger partial charge is 0.265 e. The number of carbonyl (C=O) groups excluding carboxylic acids is 1. The van der Waals surface area contributed by atoms with E-state index in [-0.39, 0.29) is 16.5 Å².